The molecule has 5 heteroatoms. The Labute approximate surface area is 153 Å². The lowest BCUT2D eigenvalue weighted by molar-refractivity contribution is 0.0792. The van der Waals surface area contributed by atoms with Gasteiger partial charge in [0.2, 0.25) is 0 Å². The van der Waals surface area contributed by atoms with Crippen molar-refractivity contribution in [2.24, 2.45) is 0 Å². The van der Waals surface area contributed by atoms with Crippen LogP contribution in [0.1, 0.15) is 24.0 Å². The molecule has 134 valence electrons. The summed E-state index contributed by atoms with van der Waals surface area (Å²) in [6.45, 7) is 3.67. The van der Waals surface area contributed by atoms with Crippen LogP contribution in [0.15, 0.2) is 54.9 Å². The number of aromatic nitrogens is 2. The number of hydrogen-bond donors (Lipinski definition) is 2. The van der Waals surface area contributed by atoms with E-state index >= 15 is 0 Å². The number of anilines is 1. The van der Waals surface area contributed by atoms with Gasteiger partial charge in [-0.1, -0.05) is 18.2 Å². The first kappa shape index (κ1) is 16.9. The lowest BCUT2D eigenvalue weighted by Gasteiger charge is -2.29. The van der Waals surface area contributed by atoms with Gasteiger partial charge < -0.3 is 10.4 Å². The second-order valence-corrected chi connectivity index (χ2v) is 6.94. The van der Waals surface area contributed by atoms with Crippen molar-refractivity contribution in [3.63, 3.8) is 0 Å². The Bertz CT molecular complexity index is 857. The molecule has 0 unspecified atom stereocenters. The van der Waals surface area contributed by atoms with Crippen LogP contribution in [0.5, 0.6) is 0 Å². The van der Waals surface area contributed by atoms with Crippen molar-refractivity contribution >= 4 is 16.7 Å². The van der Waals surface area contributed by atoms with Gasteiger partial charge in [0.25, 0.3) is 0 Å². The van der Waals surface area contributed by atoms with E-state index in [9.17, 15) is 5.11 Å². The molecule has 3 aromatic rings. The zero-order valence-corrected chi connectivity index (χ0v) is 14.8. The Morgan fingerprint density at radius 1 is 0.923 bits per heavy atom. The number of likely N-dealkylation sites (tertiary alicyclic amines) is 1. The summed E-state index contributed by atoms with van der Waals surface area (Å²) in [7, 11) is 0. The van der Waals surface area contributed by atoms with E-state index in [1.807, 2.05) is 6.07 Å². The number of fused-ring (bicyclic) bond motifs is 1. The first-order valence-electron chi connectivity index (χ1n) is 9.19. The van der Waals surface area contributed by atoms with Gasteiger partial charge in [-0.25, -0.2) is 0 Å². The Morgan fingerprint density at radius 3 is 2.38 bits per heavy atom. The Kier molecular flexibility index (Phi) is 5.09. The van der Waals surface area contributed by atoms with E-state index in [4.69, 9.17) is 0 Å². The highest BCUT2D eigenvalue weighted by Crippen LogP contribution is 2.17. The summed E-state index contributed by atoms with van der Waals surface area (Å²) >= 11 is 0. The molecule has 5 nitrogen and oxygen atoms in total. The number of nitrogens with zero attached hydrogens (tertiary/aromatic N) is 3. The first-order valence-corrected chi connectivity index (χ1v) is 9.19. The highest BCUT2D eigenvalue weighted by molar-refractivity contribution is 5.74. The van der Waals surface area contributed by atoms with Crippen molar-refractivity contribution < 1.29 is 5.11 Å². The van der Waals surface area contributed by atoms with Gasteiger partial charge in [0.05, 0.1) is 17.1 Å². The van der Waals surface area contributed by atoms with Crippen LogP contribution < -0.4 is 5.32 Å². The zero-order chi connectivity index (χ0) is 17.8. The maximum Gasteiger partial charge on any atom is 0.0890 e. The van der Waals surface area contributed by atoms with Crippen LogP contribution in [0, 0.1) is 0 Å². The number of aliphatic hydroxyl groups is 1. The molecule has 0 radical (unpaired) electrons. The van der Waals surface area contributed by atoms with E-state index in [2.05, 4.69) is 56.6 Å². The molecule has 0 spiro atoms. The molecule has 4 rings (SSSR count). The normalized spacial score (nSPS) is 16.0. The molecule has 2 N–H and O–H groups in total. The summed E-state index contributed by atoms with van der Waals surface area (Å²) in [5, 5.41) is 13.1. The molecule has 0 saturated carbocycles. The fourth-order valence-corrected chi connectivity index (χ4v) is 3.39. The zero-order valence-electron chi connectivity index (χ0n) is 14.8. The quantitative estimate of drug-likeness (QED) is 0.741. The molecule has 0 atom stereocenters. The fourth-order valence-electron chi connectivity index (χ4n) is 3.39. The van der Waals surface area contributed by atoms with E-state index < -0.39 is 0 Å². The van der Waals surface area contributed by atoms with Gasteiger partial charge in [0.15, 0.2) is 0 Å². The van der Waals surface area contributed by atoms with Gasteiger partial charge >= 0.3 is 0 Å². The Hall–Kier alpha value is -2.50. The topological polar surface area (TPSA) is 61.3 Å². The second-order valence-electron chi connectivity index (χ2n) is 6.94. The number of rotatable bonds is 5. The van der Waals surface area contributed by atoms with Crippen LogP contribution in [-0.2, 0) is 13.1 Å². The minimum Gasteiger partial charge on any atom is -0.393 e. The lowest BCUT2D eigenvalue weighted by Crippen LogP contribution is -2.35. The Morgan fingerprint density at radius 2 is 1.62 bits per heavy atom. The van der Waals surface area contributed by atoms with E-state index in [0.29, 0.717) is 0 Å². The SMILES string of the molecule is OC1CCN(Cc2ccc(NCc3ccc4nccnc4c3)cc2)CC1. The van der Waals surface area contributed by atoms with Crippen molar-refractivity contribution in [2.75, 3.05) is 18.4 Å². The molecule has 1 fully saturated rings. The third-order valence-corrected chi connectivity index (χ3v) is 4.95. The van der Waals surface area contributed by atoms with Crippen molar-refractivity contribution in [1.82, 2.24) is 14.9 Å². The molecular weight excluding hydrogens is 324 g/mol. The van der Waals surface area contributed by atoms with Crippen LogP contribution in [-0.4, -0.2) is 39.2 Å². The van der Waals surface area contributed by atoms with Crippen molar-refractivity contribution in [3.8, 4) is 0 Å². The smallest absolute Gasteiger partial charge is 0.0890 e. The summed E-state index contributed by atoms with van der Waals surface area (Å²) in [5.41, 5.74) is 5.46. The van der Waals surface area contributed by atoms with E-state index in [1.54, 1.807) is 12.4 Å². The Balaban J connectivity index is 1.33. The van der Waals surface area contributed by atoms with Crippen LogP contribution in [0.2, 0.25) is 0 Å². The lowest BCUT2D eigenvalue weighted by atomic mass is 10.1. The van der Waals surface area contributed by atoms with Crippen molar-refractivity contribution in [1.29, 1.82) is 0 Å². The number of hydrogen-bond acceptors (Lipinski definition) is 5. The van der Waals surface area contributed by atoms with Gasteiger partial charge in [-0.15, -0.1) is 0 Å². The van der Waals surface area contributed by atoms with Gasteiger partial charge in [0.1, 0.15) is 0 Å². The predicted octanol–water partition coefficient (Wildman–Crippen LogP) is 3.20. The minimum atomic E-state index is -0.112. The summed E-state index contributed by atoms with van der Waals surface area (Å²) in [6.07, 6.45) is 5.10. The van der Waals surface area contributed by atoms with Crippen LogP contribution >= 0.6 is 0 Å². The summed E-state index contributed by atoms with van der Waals surface area (Å²) in [6, 6.07) is 14.8. The van der Waals surface area contributed by atoms with Crippen LogP contribution in [0.25, 0.3) is 11.0 Å². The highest BCUT2D eigenvalue weighted by Gasteiger charge is 2.16. The minimum absolute atomic E-state index is 0.112. The summed E-state index contributed by atoms with van der Waals surface area (Å²) in [4.78, 5) is 11.1. The molecule has 2 heterocycles. The fraction of sp³-hybridized carbons (Fsp3) is 0.333. The van der Waals surface area contributed by atoms with Gasteiger partial charge in [0, 0.05) is 44.3 Å². The summed E-state index contributed by atoms with van der Waals surface area (Å²) < 4.78 is 0. The van der Waals surface area contributed by atoms with Gasteiger partial charge in [-0.2, -0.15) is 0 Å². The second kappa shape index (κ2) is 7.81. The standard InChI is InChI=1S/C21H24N4O/c26-19-7-11-25(12-8-19)15-16-1-4-18(5-2-16)24-14-17-3-6-20-21(13-17)23-10-9-22-20/h1-6,9-10,13,19,24,26H,7-8,11-12,14-15H2. The van der Waals surface area contributed by atoms with Crippen molar-refractivity contribution in [2.45, 2.75) is 32.0 Å². The van der Waals surface area contributed by atoms with E-state index in [1.165, 1.54) is 11.1 Å². The number of benzene rings is 2. The number of aliphatic hydroxyl groups excluding tert-OH is 1. The molecule has 26 heavy (non-hydrogen) atoms. The van der Waals surface area contributed by atoms with Crippen LogP contribution in [0.4, 0.5) is 5.69 Å². The molecule has 0 aliphatic carbocycles. The van der Waals surface area contributed by atoms with Crippen molar-refractivity contribution in [3.05, 3.63) is 66.0 Å². The molecule has 0 bridgehead atoms. The molecule has 1 aliphatic rings. The molecule has 2 aromatic carbocycles. The van der Waals surface area contributed by atoms with Crippen LogP contribution in [0.3, 0.4) is 0 Å². The first-order chi connectivity index (χ1) is 12.8. The maximum atomic E-state index is 9.60. The average Bonchev–Trinajstić information content (AvgIpc) is 2.69. The van der Waals surface area contributed by atoms with E-state index in [0.717, 1.165) is 55.7 Å². The highest BCUT2D eigenvalue weighted by atomic mass is 16.3. The third kappa shape index (κ3) is 4.18. The number of piperidine rings is 1. The molecule has 1 aromatic heterocycles. The maximum absolute atomic E-state index is 9.60. The monoisotopic (exact) mass is 348 g/mol. The van der Waals surface area contributed by atoms with Gasteiger partial charge in [-0.3, -0.25) is 14.9 Å². The molecular formula is C21H24N4O. The largest absolute Gasteiger partial charge is 0.393 e. The molecule has 1 aliphatic heterocycles. The molecule has 1 saturated heterocycles. The predicted molar refractivity (Wildman–Crippen MR) is 104 cm³/mol. The summed E-state index contributed by atoms with van der Waals surface area (Å²) in [5.74, 6) is 0. The average molecular weight is 348 g/mol. The molecule has 0 amide bonds. The number of nitrogens with one attached hydrogen (secondary N) is 1. The van der Waals surface area contributed by atoms with E-state index in [-0.39, 0.29) is 6.10 Å². The van der Waals surface area contributed by atoms with Gasteiger partial charge in [-0.05, 0) is 48.2 Å². The third-order valence-electron chi connectivity index (χ3n) is 4.95.